The van der Waals surface area contributed by atoms with Crippen molar-refractivity contribution in [1.29, 1.82) is 0 Å². The number of rotatable bonds is 7. The van der Waals surface area contributed by atoms with E-state index in [2.05, 4.69) is 10.2 Å². The number of hydrogen-bond acceptors (Lipinski definition) is 4. The van der Waals surface area contributed by atoms with Crippen LogP contribution in [0.5, 0.6) is 5.75 Å². The predicted octanol–water partition coefficient (Wildman–Crippen LogP) is 3.09. The number of amides is 1. The van der Waals surface area contributed by atoms with Gasteiger partial charge in [0.15, 0.2) is 6.10 Å². The number of ether oxygens (including phenoxy) is 2. The molecule has 1 amide bonds. The number of morpholine rings is 1. The van der Waals surface area contributed by atoms with Crippen molar-refractivity contribution in [3.05, 3.63) is 65.5 Å². The van der Waals surface area contributed by atoms with E-state index in [-0.39, 0.29) is 17.8 Å². The number of nitrogens with zero attached hydrogens (tertiary/aromatic N) is 1. The number of benzene rings is 2. The molecule has 0 bridgehead atoms. The standard InChI is InChI=1S/C22H27FN2O3/c1-16-4-3-5-20(14-16)28-17(2)22(26)24-15-21(25-10-12-27-13-11-25)18-6-8-19(23)9-7-18/h3-9,14,17,21H,10-13,15H2,1-2H3,(H,24,26). The molecule has 2 aromatic rings. The van der Waals surface area contributed by atoms with Crippen LogP contribution in [0.1, 0.15) is 24.1 Å². The van der Waals surface area contributed by atoms with Crippen molar-refractivity contribution in [1.82, 2.24) is 10.2 Å². The third-order valence-electron chi connectivity index (χ3n) is 4.88. The summed E-state index contributed by atoms with van der Waals surface area (Å²) in [6.45, 7) is 6.98. The van der Waals surface area contributed by atoms with Gasteiger partial charge >= 0.3 is 0 Å². The molecule has 1 aliphatic rings. The van der Waals surface area contributed by atoms with E-state index in [0.717, 1.165) is 24.2 Å². The summed E-state index contributed by atoms with van der Waals surface area (Å²) in [4.78, 5) is 14.8. The molecular weight excluding hydrogens is 359 g/mol. The van der Waals surface area contributed by atoms with Crippen molar-refractivity contribution in [2.75, 3.05) is 32.8 Å². The van der Waals surface area contributed by atoms with E-state index in [0.29, 0.717) is 25.5 Å². The number of carbonyl (C=O) groups excluding carboxylic acids is 1. The van der Waals surface area contributed by atoms with Gasteiger partial charge in [-0.25, -0.2) is 4.39 Å². The topological polar surface area (TPSA) is 50.8 Å². The molecule has 2 atom stereocenters. The Morgan fingerprint density at radius 2 is 1.93 bits per heavy atom. The fourth-order valence-electron chi connectivity index (χ4n) is 3.32. The minimum Gasteiger partial charge on any atom is -0.481 e. The van der Waals surface area contributed by atoms with Crippen LogP contribution >= 0.6 is 0 Å². The minimum atomic E-state index is -0.611. The van der Waals surface area contributed by atoms with Gasteiger partial charge in [-0.05, 0) is 49.2 Å². The van der Waals surface area contributed by atoms with E-state index in [4.69, 9.17) is 9.47 Å². The maximum atomic E-state index is 13.3. The average Bonchev–Trinajstić information content (AvgIpc) is 2.70. The first-order valence-corrected chi connectivity index (χ1v) is 9.61. The fourth-order valence-corrected chi connectivity index (χ4v) is 3.32. The minimum absolute atomic E-state index is 0.0420. The summed E-state index contributed by atoms with van der Waals surface area (Å²) in [5, 5.41) is 2.99. The SMILES string of the molecule is Cc1cccc(OC(C)C(=O)NCC(c2ccc(F)cc2)N2CCOCC2)c1. The first-order valence-electron chi connectivity index (χ1n) is 9.61. The second kappa shape index (κ2) is 9.66. The number of nitrogens with one attached hydrogen (secondary N) is 1. The third kappa shape index (κ3) is 5.53. The van der Waals surface area contributed by atoms with Gasteiger partial charge < -0.3 is 14.8 Å². The Labute approximate surface area is 165 Å². The molecule has 1 fully saturated rings. The molecule has 0 aliphatic carbocycles. The highest BCUT2D eigenvalue weighted by Crippen LogP contribution is 2.22. The molecule has 3 rings (SSSR count). The largest absolute Gasteiger partial charge is 0.481 e. The second-order valence-electron chi connectivity index (χ2n) is 7.04. The molecule has 5 nitrogen and oxygen atoms in total. The van der Waals surface area contributed by atoms with Crippen LogP contribution in [0.2, 0.25) is 0 Å². The van der Waals surface area contributed by atoms with Gasteiger partial charge in [-0.1, -0.05) is 24.3 Å². The van der Waals surface area contributed by atoms with Crippen molar-refractivity contribution in [2.24, 2.45) is 0 Å². The molecule has 2 unspecified atom stereocenters. The molecule has 0 aromatic heterocycles. The van der Waals surface area contributed by atoms with Crippen LogP contribution in [0.15, 0.2) is 48.5 Å². The first-order chi connectivity index (χ1) is 13.5. The first kappa shape index (κ1) is 20.3. The van der Waals surface area contributed by atoms with Crippen LogP contribution in [0.25, 0.3) is 0 Å². The summed E-state index contributed by atoms with van der Waals surface area (Å²) in [5.74, 6) is 0.224. The molecule has 1 heterocycles. The van der Waals surface area contributed by atoms with Crippen molar-refractivity contribution >= 4 is 5.91 Å². The van der Waals surface area contributed by atoms with Gasteiger partial charge in [0.25, 0.3) is 5.91 Å². The monoisotopic (exact) mass is 386 g/mol. The number of carbonyl (C=O) groups is 1. The van der Waals surface area contributed by atoms with Crippen LogP contribution in [0.4, 0.5) is 4.39 Å². The zero-order valence-corrected chi connectivity index (χ0v) is 16.4. The van der Waals surface area contributed by atoms with Crippen molar-refractivity contribution in [3.63, 3.8) is 0 Å². The summed E-state index contributed by atoms with van der Waals surface area (Å²) in [5.41, 5.74) is 2.05. The highest BCUT2D eigenvalue weighted by atomic mass is 19.1. The molecule has 150 valence electrons. The zero-order valence-electron chi connectivity index (χ0n) is 16.4. The van der Waals surface area contributed by atoms with Crippen LogP contribution in [-0.4, -0.2) is 49.8 Å². The summed E-state index contributed by atoms with van der Waals surface area (Å²) < 4.78 is 24.5. The summed E-state index contributed by atoms with van der Waals surface area (Å²) >= 11 is 0. The van der Waals surface area contributed by atoms with E-state index >= 15 is 0 Å². The molecule has 0 spiro atoms. The molecule has 6 heteroatoms. The Balaban J connectivity index is 1.63. The lowest BCUT2D eigenvalue weighted by molar-refractivity contribution is -0.127. The highest BCUT2D eigenvalue weighted by Gasteiger charge is 2.24. The Hall–Kier alpha value is -2.44. The number of aryl methyl sites for hydroxylation is 1. The Morgan fingerprint density at radius 3 is 2.61 bits per heavy atom. The molecule has 1 N–H and O–H groups in total. The lowest BCUT2D eigenvalue weighted by Crippen LogP contribution is -2.45. The lowest BCUT2D eigenvalue weighted by atomic mass is 10.0. The van der Waals surface area contributed by atoms with Gasteiger partial charge in [-0.3, -0.25) is 9.69 Å². The van der Waals surface area contributed by atoms with Crippen LogP contribution in [-0.2, 0) is 9.53 Å². The third-order valence-corrected chi connectivity index (χ3v) is 4.88. The Bertz CT molecular complexity index is 776. The van der Waals surface area contributed by atoms with Gasteiger partial charge in [-0.2, -0.15) is 0 Å². The summed E-state index contributed by atoms with van der Waals surface area (Å²) in [6.07, 6.45) is -0.611. The second-order valence-corrected chi connectivity index (χ2v) is 7.04. The van der Waals surface area contributed by atoms with Gasteiger partial charge in [0, 0.05) is 19.6 Å². The molecular formula is C22H27FN2O3. The van der Waals surface area contributed by atoms with Gasteiger partial charge in [0.05, 0.1) is 19.3 Å². The average molecular weight is 386 g/mol. The molecule has 1 saturated heterocycles. The van der Waals surface area contributed by atoms with Crippen molar-refractivity contribution < 1.29 is 18.7 Å². The van der Waals surface area contributed by atoms with E-state index in [9.17, 15) is 9.18 Å². The molecule has 0 radical (unpaired) electrons. The van der Waals surface area contributed by atoms with Crippen molar-refractivity contribution in [3.8, 4) is 5.75 Å². The molecule has 1 aliphatic heterocycles. The van der Waals surface area contributed by atoms with E-state index < -0.39 is 6.10 Å². The fraction of sp³-hybridized carbons (Fsp3) is 0.409. The molecule has 0 saturated carbocycles. The summed E-state index contributed by atoms with van der Waals surface area (Å²) in [7, 11) is 0. The van der Waals surface area contributed by atoms with E-state index in [1.807, 2.05) is 31.2 Å². The summed E-state index contributed by atoms with van der Waals surface area (Å²) in [6, 6.07) is 14.0. The normalized spacial score (nSPS) is 17.0. The van der Waals surface area contributed by atoms with Gasteiger partial charge in [0.1, 0.15) is 11.6 Å². The van der Waals surface area contributed by atoms with Crippen molar-refractivity contribution in [2.45, 2.75) is 26.0 Å². The maximum absolute atomic E-state index is 13.3. The molecule has 2 aromatic carbocycles. The Morgan fingerprint density at radius 1 is 1.21 bits per heavy atom. The van der Waals surface area contributed by atoms with E-state index in [1.54, 1.807) is 19.1 Å². The number of halogens is 1. The van der Waals surface area contributed by atoms with Gasteiger partial charge in [0.2, 0.25) is 0 Å². The predicted molar refractivity (Wildman–Crippen MR) is 106 cm³/mol. The smallest absolute Gasteiger partial charge is 0.260 e. The molecule has 28 heavy (non-hydrogen) atoms. The van der Waals surface area contributed by atoms with Crippen LogP contribution in [0, 0.1) is 12.7 Å². The zero-order chi connectivity index (χ0) is 19.9. The quantitative estimate of drug-likeness (QED) is 0.795. The van der Waals surface area contributed by atoms with Crippen LogP contribution < -0.4 is 10.1 Å². The number of hydrogen-bond donors (Lipinski definition) is 1. The Kier molecular flexibility index (Phi) is 7.01. The van der Waals surface area contributed by atoms with E-state index in [1.165, 1.54) is 12.1 Å². The maximum Gasteiger partial charge on any atom is 0.260 e. The van der Waals surface area contributed by atoms with Gasteiger partial charge in [-0.15, -0.1) is 0 Å². The van der Waals surface area contributed by atoms with Crippen LogP contribution in [0.3, 0.4) is 0 Å². The lowest BCUT2D eigenvalue weighted by Gasteiger charge is -2.35. The highest BCUT2D eigenvalue weighted by molar-refractivity contribution is 5.80.